The van der Waals surface area contributed by atoms with E-state index < -0.39 is 0 Å². The molecule has 1 aromatic rings. The van der Waals surface area contributed by atoms with Gasteiger partial charge in [0.05, 0.1) is 0 Å². The minimum absolute atomic E-state index is 0.0225. The van der Waals surface area contributed by atoms with E-state index in [1.54, 1.807) is 6.07 Å². The maximum Gasteiger partial charge on any atom is 0.258 e. The van der Waals surface area contributed by atoms with Crippen molar-refractivity contribution in [3.05, 3.63) is 23.8 Å². The summed E-state index contributed by atoms with van der Waals surface area (Å²) in [5.74, 6) is 0.547. The highest BCUT2D eigenvalue weighted by Gasteiger charge is 2.08. The van der Waals surface area contributed by atoms with E-state index in [0.29, 0.717) is 11.4 Å². The molecule has 1 atom stereocenters. The van der Waals surface area contributed by atoms with Crippen molar-refractivity contribution in [1.29, 1.82) is 0 Å². The number of nitrogens with two attached hydrogens (primary N) is 1. The Balaban J connectivity index is 2.50. The average molecular weight is 236 g/mol. The molecule has 17 heavy (non-hydrogen) atoms. The Morgan fingerprint density at radius 3 is 2.88 bits per heavy atom. The number of hydrogen-bond acceptors (Lipinski definition) is 3. The molecule has 0 saturated carbocycles. The Bertz CT molecular complexity index is 391. The van der Waals surface area contributed by atoms with Gasteiger partial charge >= 0.3 is 0 Å². The van der Waals surface area contributed by atoms with Crippen LogP contribution in [0.1, 0.15) is 25.8 Å². The van der Waals surface area contributed by atoms with E-state index in [-0.39, 0.29) is 18.6 Å². The molecule has 4 nitrogen and oxygen atoms in total. The first-order valence-corrected chi connectivity index (χ1v) is 5.81. The van der Waals surface area contributed by atoms with Gasteiger partial charge in [-0.15, -0.1) is 0 Å². The number of nitrogens with one attached hydrogen (secondary N) is 1. The van der Waals surface area contributed by atoms with Gasteiger partial charge in [-0.25, -0.2) is 0 Å². The third kappa shape index (κ3) is 3.98. The second kappa shape index (κ2) is 6.13. The number of nitrogen functional groups attached to an aromatic ring is 1. The molecule has 0 aliphatic carbocycles. The lowest BCUT2D eigenvalue weighted by Gasteiger charge is -2.13. The minimum atomic E-state index is -0.110. The van der Waals surface area contributed by atoms with Crippen LogP contribution in [0.3, 0.4) is 0 Å². The minimum Gasteiger partial charge on any atom is -0.483 e. The lowest BCUT2D eigenvalue weighted by molar-refractivity contribution is -0.123. The quantitative estimate of drug-likeness (QED) is 0.767. The van der Waals surface area contributed by atoms with Crippen LogP contribution >= 0.6 is 0 Å². The lowest BCUT2D eigenvalue weighted by Crippen LogP contribution is -2.35. The summed E-state index contributed by atoms with van der Waals surface area (Å²) < 4.78 is 5.43. The first kappa shape index (κ1) is 13.4. The summed E-state index contributed by atoms with van der Waals surface area (Å²) in [6, 6.07) is 5.60. The van der Waals surface area contributed by atoms with Gasteiger partial charge in [0.2, 0.25) is 0 Å². The second-order valence-electron chi connectivity index (χ2n) is 4.14. The van der Waals surface area contributed by atoms with E-state index in [4.69, 9.17) is 10.5 Å². The topological polar surface area (TPSA) is 64.3 Å². The first-order chi connectivity index (χ1) is 8.04. The van der Waals surface area contributed by atoms with Crippen LogP contribution in [0.5, 0.6) is 5.75 Å². The molecule has 3 N–H and O–H groups in total. The molecule has 0 aliphatic rings. The number of amides is 1. The zero-order valence-electron chi connectivity index (χ0n) is 10.6. The van der Waals surface area contributed by atoms with Gasteiger partial charge < -0.3 is 15.8 Å². The third-order valence-corrected chi connectivity index (χ3v) is 2.70. The van der Waals surface area contributed by atoms with E-state index in [9.17, 15) is 4.79 Å². The SMILES string of the molecule is CCC(C)NC(=O)COc1cccc(N)c1C. The van der Waals surface area contributed by atoms with Gasteiger partial charge in [0.1, 0.15) is 5.75 Å². The number of rotatable bonds is 5. The molecule has 1 unspecified atom stereocenters. The Hall–Kier alpha value is -1.71. The predicted octanol–water partition coefficient (Wildman–Crippen LogP) is 1.87. The van der Waals surface area contributed by atoms with Crippen molar-refractivity contribution in [1.82, 2.24) is 5.32 Å². The molecule has 1 rings (SSSR count). The maximum atomic E-state index is 11.5. The number of anilines is 1. The molecule has 0 fully saturated rings. The second-order valence-corrected chi connectivity index (χ2v) is 4.14. The lowest BCUT2D eigenvalue weighted by atomic mass is 10.2. The van der Waals surface area contributed by atoms with Crippen LogP contribution in [-0.2, 0) is 4.79 Å². The summed E-state index contributed by atoms with van der Waals surface area (Å²) in [5.41, 5.74) is 7.28. The summed E-state index contributed by atoms with van der Waals surface area (Å²) in [6.45, 7) is 5.88. The standard InChI is InChI=1S/C13H20N2O2/c1-4-9(2)15-13(16)8-17-12-7-5-6-11(14)10(12)3/h5-7,9H,4,8,14H2,1-3H3,(H,15,16). The molecule has 0 radical (unpaired) electrons. The molecule has 4 heteroatoms. The van der Waals surface area contributed by atoms with Crippen molar-refractivity contribution < 1.29 is 9.53 Å². The summed E-state index contributed by atoms with van der Waals surface area (Å²) in [5, 5.41) is 2.84. The fourth-order valence-corrected chi connectivity index (χ4v) is 1.35. The molecule has 0 heterocycles. The van der Waals surface area contributed by atoms with Crippen molar-refractivity contribution in [2.24, 2.45) is 0 Å². The molecule has 0 bridgehead atoms. The Morgan fingerprint density at radius 2 is 2.24 bits per heavy atom. The summed E-state index contributed by atoms with van der Waals surface area (Å²) in [6.07, 6.45) is 0.906. The third-order valence-electron chi connectivity index (χ3n) is 2.70. The predicted molar refractivity (Wildman–Crippen MR) is 69.0 cm³/mol. The smallest absolute Gasteiger partial charge is 0.258 e. The van der Waals surface area contributed by atoms with Crippen LogP contribution in [0.15, 0.2) is 18.2 Å². The maximum absolute atomic E-state index is 11.5. The molecule has 0 aromatic heterocycles. The molecule has 0 aliphatic heterocycles. The van der Waals surface area contributed by atoms with Crippen molar-refractivity contribution in [2.75, 3.05) is 12.3 Å². The normalized spacial score (nSPS) is 11.9. The number of carbonyl (C=O) groups is 1. The van der Waals surface area contributed by atoms with E-state index in [1.165, 1.54) is 0 Å². The fraction of sp³-hybridized carbons (Fsp3) is 0.462. The Morgan fingerprint density at radius 1 is 1.53 bits per heavy atom. The van der Waals surface area contributed by atoms with Gasteiger partial charge in [0, 0.05) is 17.3 Å². The monoisotopic (exact) mass is 236 g/mol. The average Bonchev–Trinajstić information content (AvgIpc) is 2.31. The van der Waals surface area contributed by atoms with Crippen LogP contribution in [-0.4, -0.2) is 18.6 Å². The van der Waals surface area contributed by atoms with E-state index in [2.05, 4.69) is 5.32 Å². The van der Waals surface area contributed by atoms with Crippen LogP contribution in [0.4, 0.5) is 5.69 Å². The number of ether oxygens (including phenoxy) is 1. The molecule has 0 spiro atoms. The van der Waals surface area contributed by atoms with E-state index in [1.807, 2.05) is 32.9 Å². The van der Waals surface area contributed by atoms with E-state index in [0.717, 1.165) is 12.0 Å². The molecular weight excluding hydrogens is 216 g/mol. The van der Waals surface area contributed by atoms with Gasteiger partial charge in [-0.2, -0.15) is 0 Å². The zero-order chi connectivity index (χ0) is 12.8. The van der Waals surface area contributed by atoms with Gasteiger partial charge in [-0.1, -0.05) is 13.0 Å². The van der Waals surface area contributed by atoms with Gasteiger partial charge in [0.15, 0.2) is 6.61 Å². The molecular formula is C13H20N2O2. The molecule has 1 aromatic carbocycles. The highest BCUT2D eigenvalue weighted by atomic mass is 16.5. The highest BCUT2D eigenvalue weighted by Crippen LogP contribution is 2.22. The first-order valence-electron chi connectivity index (χ1n) is 5.81. The van der Waals surface area contributed by atoms with Crippen molar-refractivity contribution in [3.63, 3.8) is 0 Å². The molecule has 1 amide bonds. The molecule has 94 valence electrons. The summed E-state index contributed by atoms with van der Waals surface area (Å²) in [4.78, 5) is 11.5. The van der Waals surface area contributed by atoms with Crippen LogP contribution < -0.4 is 15.8 Å². The zero-order valence-corrected chi connectivity index (χ0v) is 10.6. The van der Waals surface area contributed by atoms with Crippen molar-refractivity contribution in [3.8, 4) is 5.75 Å². The van der Waals surface area contributed by atoms with Gasteiger partial charge in [-0.05, 0) is 32.4 Å². The van der Waals surface area contributed by atoms with Gasteiger partial charge in [0.25, 0.3) is 5.91 Å². The fourth-order valence-electron chi connectivity index (χ4n) is 1.35. The summed E-state index contributed by atoms with van der Waals surface area (Å²) in [7, 11) is 0. The number of benzene rings is 1. The number of hydrogen-bond donors (Lipinski definition) is 2. The Labute approximate surface area is 102 Å². The van der Waals surface area contributed by atoms with E-state index >= 15 is 0 Å². The van der Waals surface area contributed by atoms with Crippen molar-refractivity contribution >= 4 is 11.6 Å². The van der Waals surface area contributed by atoms with Crippen LogP contribution in [0.2, 0.25) is 0 Å². The van der Waals surface area contributed by atoms with Crippen molar-refractivity contribution in [2.45, 2.75) is 33.2 Å². The van der Waals surface area contributed by atoms with Crippen LogP contribution in [0, 0.1) is 6.92 Å². The summed E-state index contributed by atoms with van der Waals surface area (Å²) >= 11 is 0. The van der Waals surface area contributed by atoms with Gasteiger partial charge in [-0.3, -0.25) is 4.79 Å². The Kier molecular flexibility index (Phi) is 4.82. The largest absolute Gasteiger partial charge is 0.483 e. The number of carbonyl (C=O) groups excluding carboxylic acids is 1. The molecule has 0 saturated heterocycles. The van der Waals surface area contributed by atoms with Crippen LogP contribution in [0.25, 0.3) is 0 Å². The highest BCUT2D eigenvalue weighted by molar-refractivity contribution is 5.77.